The fraction of sp³-hybridized carbons (Fsp3) is 0.471. The van der Waals surface area contributed by atoms with Crippen molar-refractivity contribution in [1.82, 2.24) is 25.4 Å². The van der Waals surface area contributed by atoms with Gasteiger partial charge in [0.25, 0.3) is 0 Å². The molecule has 1 heterocycles. The molecule has 23 heavy (non-hydrogen) atoms. The Morgan fingerprint density at radius 2 is 2.04 bits per heavy atom. The van der Waals surface area contributed by atoms with Gasteiger partial charge >= 0.3 is 6.03 Å². The molecule has 0 aliphatic heterocycles. The second-order valence-electron chi connectivity index (χ2n) is 6.09. The molecule has 1 atom stereocenters. The van der Waals surface area contributed by atoms with Crippen molar-refractivity contribution in [2.75, 3.05) is 6.54 Å². The first-order valence-corrected chi connectivity index (χ1v) is 8.23. The molecule has 1 aliphatic rings. The minimum atomic E-state index is -0.138. The van der Waals surface area contributed by atoms with Gasteiger partial charge in [0.15, 0.2) is 0 Å². The predicted octanol–water partition coefficient (Wildman–Crippen LogP) is 2.51. The smallest absolute Gasteiger partial charge is 0.315 e. The molecule has 2 amide bonds. The topological polar surface area (TPSA) is 71.8 Å². The zero-order valence-corrected chi connectivity index (χ0v) is 13.2. The first-order valence-electron chi connectivity index (χ1n) is 8.23. The monoisotopic (exact) mass is 313 g/mol. The highest BCUT2D eigenvalue weighted by Gasteiger charge is 2.18. The summed E-state index contributed by atoms with van der Waals surface area (Å²) in [5.41, 5.74) is 1.05. The predicted molar refractivity (Wildman–Crippen MR) is 87.7 cm³/mol. The van der Waals surface area contributed by atoms with E-state index in [0.29, 0.717) is 12.5 Å². The highest BCUT2D eigenvalue weighted by atomic mass is 16.2. The average molecular weight is 313 g/mol. The van der Waals surface area contributed by atoms with Gasteiger partial charge in [0.2, 0.25) is 0 Å². The number of nitrogens with zero attached hydrogens (tertiary/aromatic N) is 3. The zero-order chi connectivity index (χ0) is 15.9. The molecule has 2 aromatic rings. The quantitative estimate of drug-likeness (QED) is 0.860. The third kappa shape index (κ3) is 4.55. The zero-order valence-electron chi connectivity index (χ0n) is 13.2. The molecule has 6 nitrogen and oxygen atoms in total. The summed E-state index contributed by atoms with van der Waals surface area (Å²) in [5, 5.41) is 10.2. The van der Waals surface area contributed by atoms with Crippen LogP contribution in [0.15, 0.2) is 43.0 Å². The molecule has 0 spiro atoms. The molecule has 122 valence electrons. The Morgan fingerprint density at radius 3 is 2.74 bits per heavy atom. The van der Waals surface area contributed by atoms with Gasteiger partial charge in [0, 0.05) is 6.54 Å². The fourth-order valence-electron chi connectivity index (χ4n) is 3.09. The van der Waals surface area contributed by atoms with Crippen molar-refractivity contribution in [3.05, 3.63) is 48.5 Å². The fourth-order valence-corrected chi connectivity index (χ4v) is 3.09. The highest BCUT2D eigenvalue weighted by molar-refractivity contribution is 5.74. The van der Waals surface area contributed by atoms with Gasteiger partial charge in [-0.2, -0.15) is 5.10 Å². The molecule has 2 N–H and O–H groups in total. The lowest BCUT2D eigenvalue weighted by Gasteiger charge is -2.20. The standard InChI is InChI=1S/C17H23N5O/c23-17(19-10-14-6-4-5-7-14)21-16(11-22-13-18-12-20-22)15-8-2-1-3-9-15/h1-3,8-9,12-14,16H,4-7,10-11H2,(H2,19,21,23)/t16-/m0/s1. The lowest BCUT2D eigenvalue weighted by atomic mass is 10.1. The average Bonchev–Trinajstić information content (AvgIpc) is 3.27. The highest BCUT2D eigenvalue weighted by Crippen LogP contribution is 2.23. The largest absolute Gasteiger partial charge is 0.338 e. The second-order valence-corrected chi connectivity index (χ2v) is 6.09. The molecule has 1 aliphatic carbocycles. The van der Waals surface area contributed by atoms with E-state index in [1.165, 1.54) is 32.0 Å². The van der Waals surface area contributed by atoms with Crippen LogP contribution in [-0.4, -0.2) is 27.3 Å². The number of hydrogen-bond acceptors (Lipinski definition) is 3. The van der Waals surface area contributed by atoms with Crippen LogP contribution in [-0.2, 0) is 6.54 Å². The maximum absolute atomic E-state index is 12.2. The first-order chi connectivity index (χ1) is 11.3. The summed E-state index contributed by atoms with van der Waals surface area (Å²) in [4.78, 5) is 16.2. The van der Waals surface area contributed by atoms with E-state index in [0.717, 1.165) is 12.1 Å². The second kappa shape index (κ2) is 7.76. The Bertz CT molecular complexity index is 593. The summed E-state index contributed by atoms with van der Waals surface area (Å²) in [6, 6.07) is 9.68. The number of benzene rings is 1. The number of nitrogens with one attached hydrogen (secondary N) is 2. The molecule has 1 saturated carbocycles. The van der Waals surface area contributed by atoms with Gasteiger partial charge in [-0.25, -0.2) is 9.78 Å². The van der Waals surface area contributed by atoms with Crippen molar-refractivity contribution >= 4 is 6.03 Å². The van der Waals surface area contributed by atoms with Crippen LogP contribution in [0.1, 0.15) is 37.3 Å². The number of carbonyl (C=O) groups excluding carboxylic acids is 1. The van der Waals surface area contributed by atoms with Crippen LogP contribution in [0.2, 0.25) is 0 Å². The van der Waals surface area contributed by atoms with Crippen molar-refractivity contribution in [1.29, 1.82) is 0 Å². The molecule has 0 bridgehead atoms. The Morgan fingerprint density at radius 1 is 1.26 bits per heavy atom. The molecule has 1 aromatic heterocycles. The third-order valence-corrected chi connectivity index (χ3v) is 4.37. The lowest BCUT2D eigenvalue weighted by Crippen LogP contribution is -2.41. The minimum absolute atomic E-state index is 0.120. The van der Waals surface area contributed by atoms with E-state index in [1.807, 2.05) is 30.3 Å². The maximum atomic E-state index is 12.2. The molecule has 3 rings (SSSR count). The Labute approximate surface area is 136 Å². The first kappa shape index (κ1) is 15.5. The normalized spacial score (nSPS) is 16.2. The van der Waals surface area contributed by atoms with E-state index in [4.69, 9.17) is 0 Å². The summed E-state index contributed by atoms with van der Waals surface area (Å²) >= 11 is 0. The number of aromatic nitrogens is 3. The van der Waals surface area contributed by atoms with Gasteiger partial charge in [-0.15, -0.1) is 0 Å². The minimum Gasteiger partial charge on any atom is -0.338 e. The van der Waals surface area contributed by atoms with Crippen LogP contribution < -0.4 is 10.6 Å². The van der Waals surface area contributed by atoms with Crippen molar-refractivity contribution < 1.29 is 4.79 Å². The van der Waals surface area contributed by atoms with Crippen LogP contribution in [0.25, 0.3) is 0 Å². The summed E-state index contributed by atoms with van der Waals surface area (Å²) in [6.45, 7) is 1.32. The van der Waals surface area contributed by atoms with Gasteiger partial charge < -0.3 is 10.6 Å². The van der Waals surface area contributed by atoms with Gasteiger partial charge in [0.1, 0.15) is 12.7 Å². The van der Waals surface area contributed by atoms with Gasteiger partial charge in [-0.1, -0.05) is 43.2 Å². The van der Waals surface area contributed by atoms with Gasteiger partial charge in [0.05, 0.1) is 12.6 Å². The lowest BCUT2D eigenvalue weighted by molar-refractivity contribution is 0.233. The van der Waals surface area contributed by atoms with Crippen LogP contribution in [0.4, 0.5) is 4.79 Å². The Hall–Kier alpha value is -2.37. The van der Waals surface area contributed by atoms with E-state index in [-0.39, 0.29) is 12.1 Å². The van der Waals surface area contributed by atoms with E-state index in [9.17, 15) is 4.79 Å². The van der Waals surface area contributed by atoms with E-state index in [1.54, 1.807) is 11.0 Å². The molecule has 0 saturated heterocycles. The third-order valence-electron chi connectivity index (χ3n) is 4.37. The van der Waals surface area contributed by atoms with Crippen molar-refractivity contribution in [2.24, 2.45) is 5.92 Å². The Balaban J connectivity index is 1.59. The van der Waals surface area contributed by atoms with E-state index < -0.39 is 0 Å². The number of urea groups is 1. The summed E-state index contributed by atoms with van der Waals surface area (Å²) in [7, 11) is 0. The van der Waals surface area contributed by atoms with Gasteiger partial charge in [-0.3, -0.25) is 4.68 Å². The summed E-state index contributed by atoms with van der Waals surface area (Å²) < 4.78 is 1.73. The molecular formula is C17H23N5O. The number of carbonyl (C=O) groups is 1. The molecule has 1 aromatic carbocycles. The van der Waals surface area contributed by atoms with Crippen LogP contribution in [0, 0.1) is 5.92 Å². The molecule has 0 unspecified atom stereocenters. The number of amides is 2. The van der Waals surface area contributed by atoms with Crippen molar-refractivity contribution in [2.45, 2.75) is 38.3 Å². The maximum Gasteiger partial charge on any atom is 0.315 e. The summed E-state index contributed by atoms with van der Waals surface area (Å²) in [6.07, 6.45) is 8.18. The molecule has 1 fully saturated rings. The molecule has 6 heteroatoms. The summed E-state index contributed by atoms with van der Waals surface area (Å²) in [5.74, 6) is 0.631. The van der Waals surface area contributed by atoms with E-state index >= 15 is 0 Å². The van der Waals surface area contributed by atoms with E-state index in [2.05, 4.69) is 20.7 Å². The molecule has 0 radical (unpaired) electrons. The Kier molecular flexibility index (Phi) is 5.24. The SMILES string of the molecule is O=C(NCC1CCCC1)N[C@@H](Cn1cncn1)c1ccccc1. The van der Waals surface area contributed by atoms with Gasteiger partial charge in [-0.05, 0) is 24.3 Å². The van der Waals surface area contributed by atoms with Crippen LogP contribution in [0.3, 0.4) is 0 Å². The van der Waals surface area contributed by atoms with Crippen LogP contribution >= 0.6 is 0 Å². The number of hydrogen-bond donors (Lipinski definition) is 2. The van der Waals surface area contributed by atoms with Crippen molar-refractivity contribution in [3.63, 3.8) is 0 Å². The van der Waals surface area contributed by atoms with Crippen LogP contribution in [0.5, 0.6) is 0 Å². The van der Waals surface area contributed by atoms with Crippen molar-refractivity contribution in [3.8, 4) is 0 Å². The number of rotatable bonds is 6. The molecular weight excluding hydrogens is 290 g/mol.